The molecule has 1 rings (SSSR count). The summed E-state index contributed by atoms with van der Waals surface area (Å²) in [5.74, 6) is -0.450. The average Bonchev–Trinajstić information content (AvgIpc) is 2.15. The number of nitrogens with zero attached hydrogens (tertiary/aromatic N) is 1. The predicted molar refractivity (Wildman–Crippen MR) is 57.8 cm³/mol. The van der Waals surface area contributed by atoms with Crippen molar-refractivity contribution in [2.24, 2.45) is 0 Å². The molecule has 1 N–H and O–H groups in total. The summed E-state index contributed by atoms with van der Waals surface area (Å²) in [5, 5.41) is 20.0. The number of nitro benzene ring substituents is 1. The van der Waals surface area contributed by atoms with Crippen molar-refractivity contribution in [3.8, 4) is 0 Å². The first-order valence-corrected chi connectivity index (χ1v) is 6.46. The maximum absolute atomic E-state index is 10.9. The zero-order valence-corrected chi connectivity index (χ0v) is 9.35. The SMILES string of the molecule is CS(=O)(=O)C[C@@H](O)c1cccc([N+](=O)[O-])c1. The normalized spacial score (nSPS) is 13.4. The third kappa shape index (κ3) is 3.59. The average molecular weight is 245 g/mol. The third-order valence-corrected chi connectivity index (χ3v) is 2.85. The molecule has 0 radical (unpaired) electrons. The number of aliphatic hydroxyl groups excluding tert-OH is 1. The number of rotatable bonds is 4. The molecule has 0 bridgehead atoms. The largest absolute Gasteiger partial charge is 0.387 e. The summed E-state index contributed by atoms with van der Waals surface area (Å²) in [4.78, 5) is 9.87. The van der Waals surface area contributed by atoms with E-state index in [4.69, 9.17) is 0 Å². The van der Waals surface area contributed by atoms with Gasteiger partial charge in [-0.25, -0.2) is 8.42 Å². The summed E-state index contributed by atoms with van der Waals surface area (Å²) >= 11 is 0. The van der Waals surface area contributed by atoms with Crippen LogP contribution in [0.25, 0.3) is 0 Å². The Morgan fingerprint density at radius 2 is 2.12 bits per heavy atom. The van der Waals surface area contributed by atoms with Crippen LogP contribution in [0, 0.1) is 10.1 Å². The standard InChI is InChI=1S/C9H11NO5S/c1-16(14,15)6-9(11)7-3-2-4-8(5-7)10(12)13/h2-5,9,11H,6H2,1H3/t9-/m1/s1. The monoisotopic (exact) mass is 245 g/mol. The molecular weight excluding hydrogens is 234 g/mol. The molecule has 1 aromatic rings. The quantitative estimate of drug-likeness (QED) is 0.621. The van der Waals surface area contributed by atoms with Crippen molar-refractivity contribution in [1.82, 2.24) is 0 Å². The van der Waals surface area contributed by atoms with Gasteiger partial charge in [0.1, 0.15) is 9.84 Å². The van der Waals surface area contributed by atoms with Gasteiger partial charge in [-0.2, -0.15) is 0 Å². The van der Waals surface area contributed by atoms with E-state index in [2.05, 4.69) is 0 Å². The molecule has 7 heteroatoms. The van der Waals surface area contributed by atoms with Crippen molar-refractivity contribution < 1.29 is 18.4 Å². The van der Waals surface area contributed by atoms with Crippen molar-refractivity contribution in [3.05, 3.63) is 39.9 Å². The Bertz CT molecular complexity index is 496. The molecule has 0 heterocycles. The van der Waals surface area contributed by atoms with E-state index in [-0.39, 0.29) is 11.3 Å². The van der Waals surface area contributed by atoms with Crippen molar-refractivity contribution in [2.45, 2.75) is 6.10 Å². The van der Waals surface area contributed by atoms with Gasteiger partial charge in [0.15, 0.2) is 0 Å². The van der Waals surface area contributed by atoms with E-state index in [1.807, 2.05) is 0 Å². The fourth-order valence-electron chi connectivity index (χ4n) is 1.23. The Kier molecular flexibility index (Phi) is 3.61. The lowest BCUT2D eigenvalue weighted by atomic mass is 10.1. The first-order valence-electron chi connectivity index (χ1n) is 4.40. The Hall–Kier alpha value is -1.47. The van der Waals surface area contributed by atoms with Crippen molar-refractivity contribution in [3.63, 3.8) is 0 Å². The van der Waals surface area contributed by atoms with Crippen LogP contribution >= 0.6 is 0 Å². The molecule has 0 saturated carbocycles. The fraction of sp³-hybridized carbons (Fsp3) is 0.333. The lowest BCUT2D eigenvalue weighted by Crippen LogP contribution is -2.12. The lowest BCUT2D eigenvalue weighted by molar-refractivity contribution is -0.385. The molecule has 1 atom stereocenters. The highest BCUT2D eigenvalue weighted by atomic mass is 32.2. The second-order valence-corrected chi connectivity index (χ2v) is 5.65. The molecule has 88 valence electrons. The zero-order chi connectivity index (χ0) is 12.3. The van der Waals surface area contributed by atoms with Gasteiger partial charge >= 0.3 is 0 Å². The molecule has 0 fully saturated rings. The number of hydrogen-bond donors (Lipinski definition) is 1. The van der Waals surface area contributed by atoms with Gasteiger partial charge in [-0.1, -0.05) is 12.1 Å². The van der Waals surface area contributed by atoms with Crippen LogP contribution < -0.4 is 0 Å². The molecule has 0 aromatic heterocycles. The lowest BCUT2D eigenvalue weighted by Gasteiger charge is -2.08. The third-order valence-electron chi connectivity index (χ3n) is 1.93. The number of aliphatic hydroxyl groups is 1. The minimum Gasteiger partial charge on any atom is -0.387 e. The highest BCUT2D eigenvalue weighted by Gasteiger charge is 2.16. The van der Waals surface area contributed by atoms with Gasteiger partial charge in [-0.15, -0.1) is 0 Å². The minimum absolute atomic E-state index is 0.176. The Morgan fingerprint density at radius 3 is 2.62 bits per heavy atom. The second kappa shape index (κ2) is 4.58. The molecule has 0 aliphatic rings. The maximum Gasteiger partial charge on any atom is 0.269 e. The van der Waals surface area contributed by atoms with Crippen LogP contribution in [0.4, 0.5) is 5.69 Å². The van der Waals surface area contributed by atoms with Crippen molar-refractivity contribution in [1.29, 1.82) is 0 Å². The molecule has 1 aromatic carbocycles. The molecule has 6 nitrogen and oxygen atoms in total. The van der Waals surface area contributed by atoms with Crippen LogP contribution in [0.1, 0.15) is 11.7 Å². The van der Waals surface area contributed by atoms with Crippen LogP contribution in [0.5, 0.6) is 0 Å². The zero-order valence-electron chi connectivity index (χ0n) is 8.53. The van der Waals surface area contributed by atoms with E-state index < -0.39 is 26.6 Å². The first-order chi connectivity index (χ1) is 7.29. The summed E-state index contributed by atoms with van der Waals surface area (Å²) in [7, 11) is -3.32. The predicted octanol–water partition coefficient (Wildman–Crippen LogP) is 0.673. The number of nitro groups is 1. The molecule has 0 amide bonds. The van der Waals surface area contributed by atoms with Gasteiger partial charge in [0, 0.05) is 18.4 Å². The highest BCUT2D eigenvalue weighted by Crippen LogP contribution is 2.20. The molecule has 0 aliphatic carbocycles. The maximum atomic E-state index is 10.9. The molecule has 16 heavy (non-hydrogen) atoms. The molecule has 0 spiro atoms. The Morgan fingerprint density at radius 1 is 1.50 bits per heavy atom. The van der Waals surface area contributed by atoms with E-state index in [9.17, 15) is 23.6 Å². The number of hydrogen-bond acceptors (Lipinski definition) is 5. The van der Waals surface area contributed by atoms with Crippen molar-refractivity contribution >= 4 is 15.5 Å². The van der Waals surface area contributed by atoms with Crippen LogP contribution in [0.3, 0.4) is 0 Å². The molecule has 0 unspecified atom stereocenters. The van der Waals surface area contributed by atoms with E-state index >= 15 is 0 Å². The van der Waals surface area contributed by atoms with Crippen LogP contribution in [0.2, 0.25) is 0 Å². The smallest absolute Gasteiger partial charge is 0.269 e. The molecular formula is C9H11NO5S. The first kappa shape index (κ1) is 12.6. The van der Waals surface area contributed by atoms with E-state index in [1.54, 1.807) is 0 Å². The summed E-state index contributed by atoms with van der Waals surface area (Å²) in [6, 6.07) is 5.29. The summed E-state index contributed by atoms with van der Waals surface area (Å²) < 4.78 is 21.9. The van der Waals surface area contributed by atoms with Gasteiger partial charge in [0.2, 0.25) is 0 Å². The highest BCUT2D eigenvalue weighted by molar-refractivity contribution is 7.90. The summed E-state index contributed by atoms with van der Waals surface area (Å²) in [5.41, 5.74) is 0.0460. The van der Waals surface area contributed by atoms with Crippen LogP contribution in [0.15, 0.2) is 24.3 Å². The van der Waals surface area contributed by atoms with Gasteiger partial charge < -0.3 is 5.11 Å². The van der Waals surface area contributed by atoms with E-state index in [1.165, 1.54) is 18.2 Å². The molecule has 0 saturated heterocycles. The molecule has 0 aliphatic heterocycles. The Balaban J connectivity index is 2.96. The number of sulfone groups is 1. The topological polar surface area (TPSA) is 97.5 Å². The van der Waals surface area contributed by atoms with Gasteiger partial charge in [0.05, 0.1) is 16.8 Å². The van der Waals surface area contributed by atoms with Gasteiger partial charge in [-0.3, -0.25) is 10.1 Å². The van der Waals surface area contributed by atoms with Crippen molar-refractivity contribution in [2.75, 3.05) is 12.0 Å². The van der Waals surface area contributed by atoms with Crippen LogP contribution in [-0.2, 0) is 9.84 Å². The minimum atomic E-state index is -3.32. The summed E-state index contributed by atoms with van der Waals surface area (Å²) in [6.07, 6.45) is -0.247. The van der Waals surface area contributed by atoms with E-state index in [0.717, 1.165) is 12.3 Å². The number of non-ortho nitro benzene ring substituents is 1. The second-order valence-electron chi connectivity index (χ2n) is 3.46. The summed E-state index contributed by atoms with van der Waals surface area (Å²) in [6.45, 7) is 0. The van der Waals surface area contributed by atoms with Gasteiger partial charge in [0.25, 0.3) is 5.69 Å². The Labute approximate surface area is 92.6 Å². The van der Waals surface area contributed by atoms with E-state index in [0.29, 0.717) is 0 Å². The number of benzene rings is 1. The van der Waals surface area contributed by atoms with Crippen LogP contribution in [-0.4, -0.2) is 30.5 Å². The fourth-order valence-corrected chi connectivity index (χ4v) is 1.99. The van der Waals surface area contributed by atoms with Gasteiger partial charge in [-0.05, 0) is 5.56 Å².